The number of hydrogen-bond acceptors (Lipinski definition) is 3. The van der Waals surface area contributed by atoms with Gasteiger partial charge in [0.1, 0.15) is 5.75 Å². The second-order valence-corrected chi connectivity index (χ2v) is 5.18. The first kappa shape index (κ1) is 16.0. The third-order valence-corrected chi connectivity index (χ3v) is 3.51. The fourth-order valence-corrected chi connectivity index (χ4v) is 2.19. The molecule has 0 aliphatic carbocycles. The summed E-state index contributed by atoms with van der Waals surface area (Å²) >= 11 is 0. The van der Waals surface area contributed by atoms with E-state index in [0.29, 0.717) is 0 Å². The molecule has 0 saturated heterocycles. The van der Waals surface area contributed by atoms with Crippen LogP contribution < -0.4 is 4.74 Å². The van der Waals surface area contributed by atoms with Gasteiger partial charge in [-0.1, -0.05) is 19.4 Å². The molecule has 0 heterocycles. The Hall–Kier alpha value is -1.06. The van der Waals surface area contributed by atoms with Crippen LogP contribution in [0.25, 0.3) is 0 Å². The molecule has 0 bridgehead atoms. The van der Waals surface area contributed by atoms with Crippen molar-refractivity contribution in [3.05, 3.63) is 29.3 Å². The van der Waals surface area contributed by atoms with Crippen molar-refractivity contribution >= 4 is 0 Å². The highest BCUT2D eigenvalue weighted by atomic mass is 16.5. The molecule has 0 saturated carbocycles. The first-order valence-electron chi connectivity index (χ1n) is 7.09. The topological polar surface area (TPSA) is 32.7 Å². The molecule has 0 radical (unpaired) electrons. The average molecular weight is 265 g/mol. The van der Waals surface area contributed by atoms with Gasteiger partial charge in [0, 0.05) is 6.54 Å². The van der Waals surface area contributed by atoms with Gasteiger partial charge in [0.15, 0.2) is 0 Å². The third kappa shape index (κ3) is 5.21. The molecule has 0 spiro atoms. The molecule has 0 aliphatic rings. The number of rotatable bonds is 8. The number of aliphatic hydroxyl groups excluding tert-OH is 1. The van der Waals surface area contributed by atoms with Crippen molar-refractivity contribution in [2.45, 2.75) is 39.2 Å². The second-order valence-electron chi connectivity index (χ2n) is 5.18. The van der Waals surface area contributed by atoms with Crippen LogP contribution in [-0.2, 0) is 0 Å². The normalized spacial score (nSPS) is 12.7. The minimum atomic E-state index is -0.394. The zero-order valence-electron chi connectivity index (χ0n) is 12.6. The van der Waals surface area contributed by atoms with Crippen molar-refractivity contribution in [1.82, 2.24) is 4.90 Å². The Balaban J connectivity index is 2.51. The minimum absolute atomic E-state index is 0.394. The number of benzene rings is 1. The zero-order valence-corrected chi connectivity index (χ0v) is 12.6. The fraction of sp³-hybridized carbons (Fsp3) is 0.625. The summed E-state index contributed by atoms with van der Waals surface area (Å²) in [5.41, 5.74) is 2.09. The van der Waals surface area contributed by atoms with Crippen molar-refractivity contribution in [1.29, 1.82) is 0 Å². The maximum atomic E-state index is 10.3. The number of nitrogens with zero attached hydrogens (tertiary/aromatic N) is 1. The van der Waals surface area contributed by atoms with Crippen molar-refractivity contribution in [2.75, 3.05) is 27.2 Å². The molecule has 1 N–H and O–H groups in total. The highest BCUT2D eigenvalue weighted by Crippen LogP contribution is 2.24. The summed E-state index contributed by atoms with van der Waals surface area (Å²) in [7, 11) is 3.77. The number of aryl methyl sites for hydroxylation is 1. The lowest BCUT2D eigenvalue weighted by Gasteiger charge is -2.20. The quantitative estimate of drug-likeness (QED) is 0.783. The molecule has 0 aliphatic heterocycles. The standard InChI is InChI=1S/C16H27NO2/c1-5-6-10-17(3)11-9-16(18)15-8-7-14(19-4)12-13(15)2/h7-8,12,16,18H,5-6,9-11H2,1-4H3. The lowest BCUT2D eigenvalue weighted by atomic mass is 10.0. The van der Waals surface area contributed by atoms with E-state index >= 15 is 0 Å². The smallest absolute Gasteiger partial charge is 0.119 e. The van der Waals surface area contributed by atoms with E-state index in [4.69, 9.17) is 4.74 Å². The summed E-state index contributed by atoms with van der Waals surface area (Å²) in [5, 5.41) is 10.3. The summed E-state index contributed by atoms with van der Waals surface area (Å²) < 4.78 is 5.18. The van der Waals surface area contributed by atoms with Crippen LogP contribution >= 0.6 is 0 Å². The van der Waals surface area contributed by atoms with E-state index in [1.165, 1.54) is 12.8 Å². The maximum absolute atomic E-state index is 10.3. The number of ether oxygens (including phenoxy) is 1. The summed E-state index contributed by atoms with van der Waals surface area (Å²) in [6.07, 6.45) is 2.81. The Morgan fingerprint density at radius 2 is 2.05 bits per heavy atom. The lowest BCUT2D eigenvalue weighted by Crippen LogP contribution is -2.22. The van der Waals surface area contributed by atoms with E-state index in [1.54, 1.807) is 7.11 Å². The number of aliphatic hydroxyl groups is 1. The van der Waals surface area contributed by atoms with E-state index in [0.717, 1.165) is 36.4 Å². The van der Waals surface area contributed by atoms with Gasteiger partial charge < -0.3 is 14.7 Å². The van der Waals surface area contributed by atoms with Crippen LogP contribution in [0.1, 0.15) is 43.4 Å². The Morgan fingerprint density at radius 1 is 1.32 bits per heavy atom. The Bertz CT molecular complexity index is 379. The summed E-state index contributed by atoms with van der Waals surface area (Å²) in [5.74, 6) is 0.841. The van der Waals surface area contributed by atoms with Crippen LogP contribution in [0, 0.1) is 6.92 Å². The molecule has 3 heteroatoms. The predicted octanol–water partition coefficient (Wildman–Crippen LogP) is 3.16. The highest BCUT2D eigenvalue weighted by Gasteiger charge is 2.12. The van der Waals surface area contributed by atoms with E-state index < -0.39 is 6.10 Å². The van der Waals surface area contributed by atoms with Gasteiger partial charge in [0.25, 0.3) is 0 Å². The van der Waals surface area contributed by atoms with E-state index in [9.17, 15) is 5.11 Å². The van der Waals surface area contributed by atoms with Crippen molar-refractivity contribution in [3.8, 4) is 5.75 Å². The Morgan fingerprint density at radius 3 is 2.63 bits per heavy atom. The fourth-order valence-electron chi connectivity index (χ4n) is 2.19. The lowest BCUT2D eigenvalue weighted by molar-refractivity contribution is 0.148. The van der Waals surface area contributed by atoms with Crippen molar-refractivity contribution < 1.29 is 9.84 Å². The van der Waals surface area contributed by atoms with Gasteiger partial charge in [0.2, 0.25) is 0 Å². The molecule has 0 fully saturated rings. The van der Waals surface area contributed by atoms with Gasteiger partial charge in [-0.2, -0.15) is 0 Å². The number of methoxy groups -OCH3 is 1. The van der Waals surface area contributed by atoms with Crippen molar-refractivity contribution in [3.63, 3.8) is 0 Å². The molecule has 1 aromatic rings. The summed E-state index contributed by atoms with van der Waals surface area (Å²) in [6.45, 7) is 6.24. The molecule has 3 nitrogen and oxygen atoms in total. The van der Waals surface area contributed by atoms with Gasteiger partial charge in [-0.05, 0) is 56.6 Å². The zero-order chi connectivity index (χ0) is 14.3. The van der Waals surface area contributed by atoms with Gasteiger partial charge in [0.05, 0.1) is 13.2 Å². The molecular weight excluding hydrogens is 238 g/mol. The van der Waals surface area contributed by atoms with E-state index in [2.05, 4.69) is 18.9 Å². The van der Waals surface area contributed by atoms with Crippen LogP contribution in [-0.4, -0.2) is 37.3 Å². The molecule has 108 valence electrons. The summed E-state index contributed by atoms with van der Waals surface area (Å²) in [4.78, 5) is 2.28. The van der Waals surface area contributed by atoms with Crippen LogP contribution in [0.2, 0.25) is 0 Å². The van der Waals surface area contributed by atoms with E-state index in [1.807, 2.05) is 25.1 Å². The number of hydrogen-bond donors (Lipinski definition) is 1. The van der Waals surface area contributed by atoms with Crippen LogP contribution in [0.3, 0.4) is 0 Å². The van der Waals surface area contributed by atoms with Crippen LogP contribution in [0.5, 0.6) is 5.75 Å². The van der Waals surface area contributed by atoms with E-state index in [-0.39, 0.29) is 0 Å². The van der Waals surface area contributed by atoms with Gasteiger partial charge in [-0.3, -0.25) is 0 Å². The van der Waals surface area contributed by atoms with Gasteiger partial charge >= 0.3 is 0 Å². The predicted molar refractivity (Wildman–Crippen MR) is 79.7 cm³/mol. The first-order chi connectivity index (χ1) is 9.08. The molecule has 1 unspecified atom stereocenters. The average Bonchev–Trinajstić information content (AvgIpc) is 2.42. The SMILES string of the molecule is CCCCN(C)CCC(O)c1ccc(OC)cc1C. The minimum Gasteiger partial charge on any atom is -0.497 e. The number of unbranched alkanes of at least 4 members (excludes halogenated alkanes) is 1. The monoisotopic (exact) mass is 265 g/mol. The molecule has 1 aromatic carbocycles. The first-order valence-corrected chi connectivity index (χ1v) is 7.09. The van der Waals surface area contributed by atoms with Crippen LogP contribution in [0.4, 0.5) is 0 Å². The molecule has 19 heavy (non-hydrogen) atoms. The second kappa shape index (κ2) is 8.18. The highest BCUT2D eigenvalue weighted by molar-refractivity contribution is 5.35. The molecule has 0 amide bonds. The van der Waals surface area contributed by atoms with Gasteiger partial charge in [-0.15, -0.1) is 0 Å². The molecule has 1 rings (SSSR count). The Kier molecular flexibility index (Phi) is 6.89. The summed E-state index contributed by atoms with van der Waals surface area (Å²) in [6, 6.07) is 5.84. The third-order valence-electron chi connectivity index (χ3n) is 3.51. The largest absolute Gasteiger partial charge is 0.497 e. The molecule has 0 aromatic heterocycles. The maximum Gasteiger partial charge on any atom is 0.119 e. The molecule has 1 atom stereocenters. The Labute approximate surface area is 117 Å². The van der Waals surface area contributed by atoms with Gasteiger partial charge in [-0.25, -0.2) is 0 Å². The molecular formula is C16H27NO2. The van der Waals surface area contributed by atoms with Crippen LogP contribution in [0.15, 0.2) is 18.2 Å². The van der Waals surface area contributed by atoms with Crippen molar-refractivity contribution in [2.24, 2.45) is 0 Å².